The van der Waals surface area contributed by atoms with Gasteiger partial charge < -0.3 is 24.6 Å². The van der Waals surface area contributed by atoms with Crippen LogP contribution in [0.15, 0.2) is 42.5 Å². The predicted molar refractivity (Wildman–Crippen MR) is 104 cm³/mol. The molecule has 2 amide bonds. The fraction of sp³-hybridized carbons (Fsp3) is 0.316. The zero-order valence-corrected chi connectivity index (χ0v) is 15.6. The molecule has 0 radical (unpaired) electrons. The highest BCUT2D eigenvalue weighted by atomic mass is 35.5. The van der Waals surface area contributed by atoms with E-state index < -0.39 is 0 Å². The summed E-state index contributed by atoms with van der Waals surface area (Å²) in [4.78, 5) is 16.4. The van der Waals surface area contributed by atoms with Crippen molar-refractivity contribution in [3.63, 3.8) is 0 Å². The number of benzene rings is 2. The second kappa shape index (κ2) is 8.19. The lowest BCUT2D eigenvalue weighted by Crippen LogP contribution is -2.50. The minimum Gasteiger partial charge on any atom is -0.495 e. The van der Waals surface area contributed by atoms with Gasteiger partial charge in [-0.2, -0.15) is 0 Å². The molecule has 0 bridgehead atoms. The predicted octanol–water partition coefficient (Wildman–Crippen LogP) is 3.71. The van der Waals surface area contributed by atoms with Gasteiger partial charge >= 0.3 is 6.03 Å². The third kappa shape index (κ3) is 3.96. The van der Waals surface area contributed by atoms with Crippen molar-refractivity contribution in [2.24, 2.45) is 0 Å². The number of urea groups is 1. The van der Waals surface area contributed by atoms with Crippen LogP contribution in [0.25, 0.3) is 0 Å². The number of hydrogen-bond donors (Lipinski definition) is 1. The Hall–Kier alpha value is -2.60. The van der Waals surface area contributed by atoms with Gasteiger partial charge in [-0.15, -0.1) is 0 Å². The van der Waals surface area contributed by atoms with Gasteiger partial charge in [0, 0.05) is 44.0 Å². The number of ether oxygens (including phenoxy) is 2. The Morgan fingerprint density at radius 3 is 2.27 bits per heavy atom. The van der Waals surface area contributed by atoms with Gasteiger partial charge in [-0.05, 0) is 12.1 Å². The van der Waals surface area contributed by atoms with Gasteiger partial charge in [-0.3, -0.25) is 0 Å². The first-order valence-electron chi connectivity index (χ1n) is 8.40. The number of carbonyl (C=O) groups is 1. The summed E-state index contributed by atoms with van der Waals surface area (Å²) in [6.45, 7) is 2.63. The van der Waals surface area contributed by atoms with Crippen molar-refractivity contribution in [3.05, 3.63) is 47.5 Å². The van der Waals surface area contributed by atoms with Crippen LogP contribution >= 0.6 is 11.6 Å². The Balaban J connectivity index is 1.66. The van der Waals surface area contributed by atoms with E-state index in [1.54, 1.807) is 20.3 Å². The molecule has 1 aliphatic rings. The van der Waals surface area contributed by atoms with Crippen molar-refractivity contribution in [1.29, 1.82) is 0 Å². The highest BCUT2D eigenvalue weighted by molar-refractivity contribution is 6.32. The second-order valence-corrected chi connectivity index (χ2v) is 6.34. The van der Waals surface area contributed by atoms with E-state index in [2.05, 4.69) is 10.2 Å². The maximum absolute atomic E-state index is 12.4. The lowest BCUT2D eigenvalue weighted by molar-refractivity contribution is 0.208. The largest absolute Gasteiger partial charge is 0.495 e. The molecule has 1 saturated heterocycles. The standard InChI is InChI=1S/C19H22ClN3O3/c1-25-17-13-16(18(26-2)12-15(17)20)22-8-10-23(11-9-22)19(24)21-14-6-4-3-5-7-14/h3-7,12-13H,8-11H2,1-2H3,(H,21,24). The number of para-hydroxylation sites is 1. The molecule has 0 aromatic heterocycles. The molecule has 0 spiro atoms. The van der Waals surface area contributed by atoms with Crippen LogP contribution in [0.2, 0.25) is 5.02 Å². The van der Waals surface area contributed by atoms with Crippen LogP contribution in [0.4, 0.5) is 16.2 Å². The highest BCUT2D eigenvalue weighted by Crippen LogP contribution is 2.38. The molecule has 7 heteroatoms. The molecule has 1 N–H and O–H groups in total. The summed E-state index contributed by atoms with van der Waals surface area (Å²) >= 11 is 6.18. The van der Waals surface area contributed by atoms with Gasteiger partial charge in [0.25, 0.3) is 0 Å². The maximum Gasteiger partial charge on any atom is 0.321 e. The minimum atomic E-state index is -0.0866. The number of hydrogen-bond acceptors (Lipinski definition) is 4. The average Bonchev–Trinajstić information content (AvgIpc) is 2.68. The van der Waals surface area contributed by atoms with Gasteiger partial charge in [0.2, 0.25) is 0 Å². The first-order valence-corrected chi connectivity index (χ1v) is 8.77. The Labute approximate surface area is 158 Å². The van der Waals surface area contributed by atoms with Crippen molar-refractivity contribution < 1.29 is 14.3 Å². The number of carbonyl (C=O) groups excluding carboxylic acids is 1. The summed E-state index contributed by atoms with van der Waals surface area (Å²) in [5, 5.41) is 3.43. The molecular formula is C19H22ClN3O3. The number of anilines is 2. The average molecular weight is 376 g/mol. The Kier molecular flexibility index (Phi) is 5.73. The zero-order valence-electron chi connectivity index (χ0n) is 14.9. The number of amides is 2. The summed E-state index contributed by atoms with van der Waals surface area (Å²) in [5.41, 5.74) is 1.71. The number of rotatable bonds is 4. The summed E-state index contributed by atoms with van der Waals surface area (Å²) in [5.74, 6) is 1.30. The molecule has 26 heavy (non-hydrogen) atoms. The lowest BCUT2D eigenvalue weighted by atomic mass is 10.2. The number of methoxy groups -OCH3 is 2. The molecule has 3 rings (SSSR count). The van der Waals surface area contributed by atoms with Gasteiger partial charge in [0.05, 0.1) is 24.9 Å². The highest BCUT2D eigenvalue weighted by Gasteiger charge is 2.24. The molecule has 1 heterocycles. The summed E-state index contributed by atoms with van der Waals surface area (Å²) in [7, 11) is 3.20. The van der Waals surface area contributed by atoms with E-state index in [9.17, 15) is 4.79 Å². The van der Waals surface area contributed by atoms with Gasteiger partial charge in [0.15, 0.2) is 0 Å². The molecule has 0 aliphatic carbocycles. The summed E-state index contributed by atoms with van der Waals surface area (Å²) in [6.07, 6.45) is 0. The number of nitrogens with one attached hydrogen (secondary N) is 1. The monoisotopic (exact) mass is 375 g/mol. The maximum atomic E-state index is 12.4. The van der Waals surface area contributed by atoms with Crippen LogP contribution in [0.5, 0.6) is 11.5 Å². The van der Waals surface area contributed by atoms with Gasteiger partial charge in [-0.25, -0.2) is 4.79 Å². The first kappa shape index (κ1) is 18.2. The summed E-state index contributed by atoms with van der Waals surface area (Å²) in [6, 6.07) is 13.0. The third-order valence-corrected chi connectivity index (χ3v) is 4.68. The van der Waals surface area contributed by atoms with Gasteiger partial charge in [0.1, 0.15) is 11.5 Å². The topological polar surface area (TPSA) is 54.0 Å². The minimum absolute atomic E-state index is 0.0866. The van der Waals surface area contributed by atoms with E-state index in [0.717, 1.165) is 11.4 Å². The van der Waals surface area contributed by atoms with Crippen molar-refractivity contribution in [2.75, 3.05) is 50.6 Å². The number of halogens is 1. The molecule has 1 fully saturated rings. The fourth-order valence-electron chi connectivity index (χ4n) is 2.97. The molecule has 1 aliphatic heterocycles. The van der Waals surface area contributed by atoms with Crippen molar-refractivity contribution in [3.8, 4) is 11.5 Å². The normalized spacial score (nSPS) is 14.1. The SMILES string of the molecule is COc1cc(N2CCN(C(=O)Nc3ccccc3)CC2)c(OC)cc1Cl. The van der Waals surface area contributed by atoms with E-state index in [0.29, 0.717) is 42.7 Å². The summed E-state index contributed by atoms with van der Waals surface area (Å²) < 4.78 is 10.8. The molecule has 0 unspecified atom stereocenters. The number of piperazine rings is 1. The van der Waals surface area contributed by atoms with Crippen LogP contribution in [0.3, 0.4) is 0 Å². The van der Waals surface area contributed by atoms with Crippen molar-refractivity contribution >= 4 is 29.0 Å². The molecule has 2 aromatic rings. The van der Waals surface area contributed by atoms with Crippen LogP contribution in [0, 0.1) is 0 Å². The Morgan fingerprint density at radius 2 is 1.65 bits per heavy atom. The molecule has 0 atom stereocenters. The number of nitrogens with zero attached hydrogens (tertiary/aromatic N) is 2. The molecule has 6 nitrogen and oxygen atoms in total. The second-order valence-electron chi connectivity index (χ2n) is 5.93. The molecule has 0 saturated carbocycles. The van der Waals surface area contributed by atoms with Gasteiger partial charge in [-0.1, -0.05) is 29.8 Å². The zero-order chi connectivity index (χ0) is 18.5. The Bertz CT molecular complexity index is 762. The van der Waals surface area contributed by atoms with Crippen LogP contribution < -0.4 is 19.7 Å². The molecular weight excluding hydrogens is 354 g/mol. The van der Waals surface area contributed by atoms with E-state index in [-0.39, 0.29) is 6.03 Å². The van der Waals surface area contributed by atoms with E-state index in [4.69, 9.17) is 21.1 Å². The van der Waals surface area contributed by atoms with Crippen LogP contribution in [0.1, 0.15) is 0 Å². The van der Waals surface area contributed by atoms with Crippen molar-refractivity contribution in [1.82, 2.24) is 4.90 Å². The van der Waals surface area contributed by atoms with E-state index >= 15 is 0 Å². The molecule has 2 aromatic carbocycles. The van der Waals surface area contributed by atoms with Crippen LogP contribution in [-0.4, -0.2) is 51.3 Å². The lowest BCUT2D eigenvalue weighted by Gasteiger charge is -2.36. The van der Waals surface area contributed by atoms with Crippen LogP contribution in [-0.2, 0) is 0 Å². The third-order valence-electron chi connectivity index (χ3n) is 4.39. The quantitative estimate of drug-likeness (QED) is 0.885. The van der Waals surface area contributed by atoms with Crippen molar-refractivity contribution in [2.45, 2.75) is 0 Å². The molecule has 138 valence electrons. The Morgan fingerprint density at radius 1 is 1.00 bits per heavy atom. The fourth-order valence-corrected chi connectivity index (χ4v) is 3.20. The van der Waals surface area contributed by atoms with E-state index in [1.807, 2.05) is 41.3 Å². The first-order chi connectivity index (χ1) is 12.6. The van der Waals surface area contributed by atoms with E-state index in [1.165, 1.54) is 0 Å². The smallest absolute Gasteiger partial charge is 0.321 e.